The standard InChI is InChI=1S/C8H13NO2/c1-9-7(11)2-3-8(9)4-6(8)5-10/h6,10H,2-5H2,1H3. The number of rotatable bonds is 1. The molecule has 1 saturated heterocycles. The van der Waals surface area contributed by atoms with Crippen molar-refractivity contribution in [2.45, 2.75) is 24.8 Å². The molecule has 2 fully saturated rings. The monoisotopic (exact) mass is 155 g/mol. The minimum absolute atomic E-state index is 0.0752. The second kappa shape index (κ2) is 1.97. The summed E-state index contributed by atoms with van der Waals surface area (Å²) in [6.45, 7) is 0.234. The molecule has 3 nitrogen and oxygen atoms in total. The van der Waals surface area contributed by atoms with Crippen molar-refractivity contribution in [3.05, 3.63) is 0 Å². The number of likely N-dealkylation sites (tertiary alicyclic amines) is 1. The second-order valence-electron chi connectivity index (χ2n) is 3.64. The number of carbonyl (C=O) groups is 1. The van der Waals surface area contributed by atoms with Gasteiger partial charge in [-0.1, -0.05) is 0 Å². The van der Waals surface area contributed by atoms with E-state index in [4.69, 9.17) is 5.11 Å². The molecule has 1 heterocycles. The third-order valence-corrected chi connectivity index (χ3v) is 3.23. The van der Waals surface area contributed by atoms with E-state index in [9.17, 15) is 4.79 Å². The Kier molecular flexibility index (Phi) is 1.27. The number of aliphatic hydroxyl groups is 1. The van der Waals surface area contributed by atoms with Crippen molar-refractivity contribution in [3.8, 4) is 0 Å². The lowest BCUT2D eigenvalue weighted by atomic mass is 10.1. The molecule has 2 unspecified atom stereocenters. The lowest BCUT2D eigenvalue weighted by molar-refractivity contribution is -0.128. The first-order chi connectivity index (χ1) is 5.20. The SMILES string of the molecule is CN1C(=O)CCC12CC2CO. The number of aliphatic hydroxyl groups excluding tert-OH is 1. The van der Waals surface area contributed by atoms with Crippen LogP contribution in [0.3, 0.4) is 0 Å². The van der Waals surface area contributed by atoms with Crippen LogP contribution in [0.4, 0.5) is 0 Å². The first kappa shape index (κ1) is 7.10. The zero-order valence-electron chi connectivity index (χ0n) is 6.71. The second-order valence-corrected chi connectivity index (χ2v) is 3.64. The third kappa shape index (κ3) is 0.745. The number of hydrogen-bond acceptors (Lipinski definition) is 2. The number of amides is 1. The Labute approximate surface area is 66.0 Å². The van der Waals surface area contributed by atoms with Gasteiger partial charge in [0.2, 0.25) is 5.91 Å². The minimum atomic E-state index is 0.0752. The van der Waals surface area contributed by atoms with Crippen molar-refractivity contribution in [2.75, 3.05) is 13.7 Å². The average molecular weight is 155 g/mol. The van der Waals surface area contributed by atoms with Crippen molar-refractivity contribution in [3.63, 3.8) is 0 Å². The van der Waals surface area contributed by atoms with Gasteiger partial charge in [0.05, 0.1) is 0 Å². The zero-order chi connectivity index (χ0) is 8.06. The topological polar surface area (TPSA) is 40.5 Å². The maximum atomic E-state index is 11.1. The normalized spacial score (nSPS) is 42.2. The van der Waals surface area contributed by atoms with Crippen molar-refractivity contribution in [1.82, 2.24) is 4.90 Å². The first-order valence-corrected chi connectivity index (χ1v) is 4.08. The Morgan fingerprint density at radius 1 is 1.82 bits per heavy atom. The summed E-state index contributed by atoms with van der Waals surface area (Å²) in [5.74, 6) is 0.597. The molecule has 3 heteroatoms. The fourth-order valence-electron chi connectivity index (χ4n) is 2.23. The van der Waals surface area contributed by atoms with E-state index >= 15 is 0 Å². The van der Waals surface area contributed by atoms with Gasteiger partial charge < -0.3 is 10.0 Å². The van der Waals surface area contributed by atoms with Crippen molar-refractivity contribution < 1.29 is 9.90 Å². The maximum absolute atomic E-state index is 11.1. The van der Waals surface area contributed by atoms with E-state index in [-0.39, 0.29) is 18.1 Å². The molecular weight excluding hydrogens is 142 g/mol. The molecule has 2 atom stereocenters. The summed E-state index contributed by atoms with van der Waals surface area (Å²) in [6.07, 6.45) is 2.63. The summed E-state index contributed by atoms with van der Waals surface area (Å²) < 4.78 is 0. The molecule has 1 saturated carbocycles. The molecule has 0 aromatic heterocycles. The maximum Gasteiger partial charge on any atom is 0.222 e. The Morgan fingerprint density at radius 3 is 2.91 bits per heavy atom. The number of carbonyl (C=O) groups excluding carboxylic acids is 1. The van der Waals surface area contributed by atoms with Crippen LogP contribution >= 0.6 is 0 Å². The van der Waals surface area contributed by atoms with Gasteiger partial charge in [0.25, 0.3) is 0 Å². The zero-order valence-corrected chi connectivity index (χ0v) is 6.71. The molecule has 1 spiro atoms. The smallest absolute Gasteiger partial charge is 0.222 e. The van der Waals surface area contributed by atoms with Crippen molar-refractivity contribution in [2.24, 2.45) is 5.92 Å². The molecule has 0 bridgehead atoms. The van der Waals surface area contributed by atoms with Crippen molar-refractivity contribution in [1.29, 1.82) is 0 Å². The summed E-state index contributed by atoms with van der Waals surface area (Å²) in [5.41, 5.74) is 0.0752. The largest absolute Gasteiger partial charge is 0.396 e. The quantitative estimate of drug-likeness (QED) is 0.578. The molecule has 1 aliphatic carbocycles. The fourth-order valence-corrected chi connectivity index (χ4v) is 2.23. The Morgan fingerprint density at radius 2 is 2.55 bits per heavy atom. The summed E-state index contributed by atoms with van der Waals surface area (Å²) in [4.78, 5) is 13.0. The van der Waals surface area contributed by atoms with Gasteiger partial charge in [0.15, 0.2) is 0 Å². The first-order valence-electron chi connectivity index (χ1n) is 4.08. The fraction of sp³-hybridized carbons (Fsp3) is 0.875. The molecule has 1 aliphatic heterocycles. The van der Waals surface area contributed by atoms with E-state index in [2.05, 4.69) is 0 Å². The highest BCUT2D eigenvalue weighted by molar-refractivity contribution is 5.80. The van der Waals surface area contributed by atoms with E-state index in [0.29, 0.717) is 12.3 Å². The minimum Gasteiger partial charge on any atom is -0.396 e. The predicted molar refractivity (Wildman–Crippen MR) is 39.9 cm³/mol. The average Bonchev–Trinajstić information content (AvgIpc) is 2.67. The van der Waals surface area contributed by atoms with Crippen LogP contribution in [-0.4, -0.2) is 35.1 Å². The van der Waals surface area contributed by atoms with Gasteiger partial charge in [-0.15, -0.1) is 0 Å². The van der Waals surface area contributed by atoms with Gasteiger partial charge in [-0.25, -0.2) is 0 Å². The van der Waals surface area contributed by atoms with Gasteiger partial charge >= 0.3 is 0 Å². The summed E-state index contributed by atoms with van der Waals surface area (Å²) >= 11 is 0. The molecule has 11 heavy (non-hydrogen) atoms. The highest BCUT2D eigenvalue weighted by atomic mass is 16.3. The molecule has 62 valence electrons. The summed E-state index contributed by atoms with van der Waals surface area (Å²) in [7, 11) is 1.85. The number of hydrogen-bond donors (Lipinski definition) is 1. The molecule has 1 amide bonds. The molecule has 2 aliphatic rings. The van der Waals surface area contributed by atoms with E-state index in [0.717, 1.165) is 12.8 Å². The van der Waals surface area contributed by atoms with Crippen LogP contribution in [0.25, 0.3) is 0 Å². The third-order valence-electron chi connectivity index (χ3n) is 3.23. The molecule has 0 radical (unpaired) electrons. The highest BCUT2D eigenvalue weighted by Gasteiger charge is 2.60. The van der Waals surface area contributed by atoms with E-state index in [1.807, 2.05) is 11.9 Å². The van der Waals surface area contributed by atoms with Gasteiger partial charge in [0.1, 0.15) is 0 Å². The summed E-state index contributed by atoms with van der Waals surface area (Å²) in [6, 6.07) is 0. The van der Waals surface area contributed by atoms with Crippen LogP contribution < -0.4 is 0 Å². The Balaban J connectivity index is 2.13. The molecule has 1 N–H and O–H groups in total. The van der Waals surface area contributed by atoms with E-state index < -0.39 is 0 Å². The van der Waals surface area contributed by atoms with Gasteiger partial charge in [0, 0.05) is 31.5 Å². The van der Waals surface area contributed by atoms with Crippen LogP contribution in [0.1, 0.15) is 19.3 Å². The van der Waals surface area contributed by atoms with Crippen LogP contribution in [0.15, 0.2) is 0 Å². The lowest BCUT2D eigenvalue weighted by Gasteiger charge is -2.19. The van der Waals surface area contributed by atoms with Crippen molar-refractivity contribution >= 4 is 5.91 Å². The molecule has 2 rings (SSSR count). The van der Waals surface area contributed by atoms with Gasteiger partial charge in [-0.3, -0.25) is 4.79 Å². The molecular formula is C8H13NO2. The van der Waals surface area contributed by atoms with Crippen LogP contribution in [0, 0.1) is 5.92 Å². The van der Waals surface area contributed by atoms with E-state index in [1.54, 1.807) is 0 Å². The molecule has 0 aromatic rings. The van der Waals surface area contributed by atoms with Gasteiger partial charge in [-0.05, 0) is 12.8 Å². The van der Waals surface area contributed by atoms with Crippen LogP contribution in [0.2, 0.25) is 0 Å². The van der Waals surface area contributed by atoms with Crippen LogP contribution in [0.5, 0.6) is 0 Å². The summed E-state index contributed by atoms with van der Waals surface area (Å²) in [5, 5.41) is 8.90. The molecule has 0 aromatic carbocycles. The number of nitrogens with zero attached hydrogens (tertiary/aromatic N) is 1. The van der Waals surface area contributed by atoms with Gasteiger partial charge in [-0.2, -0.15) is 0 Å². The Hall–Kier alpha value is -0.570. The predicted octanol–water partition coefficient (Wildman–Crippen LogP) is -0.0104. The highest BCUT2D eigenvalue weighted by Crippen LogP contribution is 2.54. The van der Waals surface area contributed by atoms with Crippen LogP contribution in [-0.2, 0) is 4.79 Å². The Bertz CT molecular complexity index is 204. The lowest BCUT2D eigenvalue weighted by Crippen LogP contribution is -2.32. The van der Waals surface area contributed by atoms with E-state index in [1.165, 1.54) is 0 Å².